The van der Waals surface area contributed by atoms with Crippen LogP contribution in [0.5, 0.6) is 0 Å². The summed E-state index contributed by atoms with van der Waals surface area (Å²) in [6.45, 7) is 2.22. The molecule has 1 aliphatic carbocycles. The predicted octanol–water partition coefficient (Wildman–Crippen LogP) is 0.696. The summed E-state index contributed by atoms with van der Waals surface area (Å²) < 4.78 is 0. The van der Waals surface area contributed by atoms with Crippen LogP contribution in [-0.2, 0) is 4.79 Å². The fraction of sp³-hybridized carbons (Fsp3) is 0.900. The summed E-state index contributed by atoms with van der Waals surface area (Å²) in [6.07, 6.45) is 4.05. The normalized spacial score (nSPS) is 20.2. The molecule has 0 aliphatic heterocycles. The van der Waals surface area contributed by atoms with E-state index in [1.165, 1.54) is 12.8 Å². The second kappa shape index (κ2) is 5.32. The van der Waals surface area contributed by atoms with Crippen LogP contribution in [-0.4, -0.2) is 46.3 Å². The minimum absolute atomic E-state index is 0.0512. The molecule has 1 saturated carbocycles. The Balaban J connectivity index is 2.46. The number of nitrogens with zero attached hydrogens (tertiary/aromatic N) is 1. The van der Waals surface area contributed by atoms with Crippen LogP contribution in [0, 0.1) is 0 Å². The summed E-state index contributed by atoms with van der Waals surface area (Å²) in [5.41, 5.74) is 0. The molecule has 1 atom stereocenters. The topological polar surface area (TPSA) is 60.8 Å². The first-order chi connectivity index (χ1) is 6.59. The maximum atomic E-state index is 10.6. The molecule has 0 saturated heterocycles. The van der Waals surface area contributed by atoms with Gasteiger partial charge in [-0.2, -0.15) is 0 Å². The van der Waals surface area contributed by atoms with E-state index >= 15 is 0 Å². The van der Waals surface area contributed by atoms with Crippen molar-refractivity contribution in [2.75, 3.05) is 13.1 Å². The fourth-order valence-corrected chi connectivity index (χ4v) is 2.13. The van der Waals surface area contributed by atoms with Gasteiger partial charge in [-0.3, -0.25) is 9.69 Å². The fourth-order valence-electron chi connectivity index (χ4n) is 2.13. The van der Waals surface area contributed by atoms with Crippen molar-refractivity contribution in [1.82, 2.24) is 4.90 Å². The van der Waals surface area contributed by atoms with Gasteiger partial charge in [0.05, 0.1) is 12.6 Å². The van der Waals surface area contributed by atoms with Gasteiger partial charge in [-0.1, -0.05) is 12.8 Å². The summed E-state index contributed by atoms with van der Waals surface area (Å²) in [7, 11) is 0. The van der Waals surface area contributed by atoms with Gasteiger partial charge in [-0.05, 0) is 19.8 Å². The third-order valence-corrected chi connectivity index (χ3v) is 2.68. The Kier molecular flexibility index (Phi) is 4.35. The zero-order valence-electron chi connectivity index (χ0n) is 8.65. The highest BCUT2D eigenvalue weighted by Gasteiger charge is 2.24. The van der Waals surface area contributed by atoms with E-state index in [2.05, 4.69) is 0 Å². The van der Waals surface area contributed by atoms with Crippen molar-refractivity contribution >= 4 is 5.97 Å². The van der Waals surface area contributed by atoms with E-state index in [1.807, 2.05) is 4.90 Å². The van der Waals surface area contributed by atoms with Gasteiger partial charge in [0.25, 0.3) is 0 Å². The molecule has 0 radical (unpaired) electrons. The number of carboxylic acids is 1. The highest BCUT2D eigenvalue weighted by atomic mass is 16.4. The molecule has 4 heteroatoms. The number of aliphatic hydroxyl groups is 1. The molecule has 0 aromatic carbocycles. The first-order valence-corrected chi connectivity index (χ1v) is 5.23. The molecule has 0 aromatic rings. The van der Waals surface area contributed by atoms with Crippen LogP contribution >= 0.6 is 0 Å². The van der Waals surface area contributed by atoms with Gasteiger partial charge in [-0.15, -0.1) is 0 Å². The number of aliphatic carboxylic acids is 1. The van der Waals surface area contributed by atoms with Crippen molar-refractivity contribution in [2.24, 2.45) is 0 Å². The monoisotopic (exact) mass is 201 g/mol. The summed E-state index contributed by atoms with van der Waals surface area (Å²) >= 11 is 0. The Morgan fingerprint density at radius 2 is 2.07 bits per heavy atom. The summed E-state index contributed by atoms with van der Waals surface area (Å²) in [5.74, 6) is -0.808. The average Bonchev–Trinajstić information content (AvgIpc) is 2.52. The van der Waals surface area contributed by atoms with Gasteiger partial charge in [-0.25, -0.2) is 0 Å². The lowest BCUT2D eigenvalue weighted by Crippen LogP contribution is -2.41. The van der Waals surface area contributed by atoms with Gasteiger partial charge >= 0.3 is 5.97 Å². The van der Waals surface area contributed by atoms with Crippen molar-refractivity contribution in [1.29, 1.82) is 0 Å². The molecule has 0 bridgehead atoms. The van der Waals surface area contributed by atoms with Crippen molar-refractivity contribution in [3.05, 3.63) is 0 Å². The van der Waals surface area contributed by atoms with Gasteiger partial charge in [0.1, 0.15) is 0 Å². The second-order valence-corrected chi connectivity index (χ2v) is 4.11. The van der Waals surface area contributed by atoms with Crippen LogP contribution < -0.4 is 0 Å². The second-order valence-electron chi connectivity index (χ2n) is 4.11. The Morgan fingerprint density at radius 3 is 2.50 bits per heavy atom. The standard InChI is InChI=1S/C10H19NO3/c1-8(12)6-11(7-10(13)14)9-4-2-3-5-9/h8-9,12H,2-7H2,1H3,(H,13,14). The van der Waals surface area contributed by atoms with Crippen molar-refractivity contribution in [2.45, 2.75) is 44.8 Å². The lowest BCUT2D eigenvalue weighted by atomic mass is 10.2. The van der Waals surface area contributed by atoms with E-state index < -0.39 is 12.1 Å². The molecule has 82 valence electrons. The van der Waals surface area contributed by atoms with Crippen molar-refractivity contribution in [3.8, 4) is 0 Å². The maximum absolute atomic E-state index is 10.6. The predicted molar refractivity (Wildman–Crippen MR) is 53.1 cm³/mol. The van der Waals surface area contributed by atoms with Crippen LogP contribution in [0.2, 0.25) is 0 Å². The number of rotatable bonds is 5. The Bertz CT molecular complexity index is 188. The third kappa shape index (κ3) is 3.64. The van der Waals surface area contributed by atoms with Crippen LogP contribution in [0.25, 0.3) is 0 Å². The van der Waals surface area contributed by atoms with E-state index in [1.54, 1.807) is 6.92 Å². The van der Waals surface area contributed by atoms with E-state index in [-0.39, 0.29) is 6.54 Å². The Morgan fingerprint density at radius 1 is 1.50 bits per heavy atom. The highest BCUT2D eigenvalue weighted by molar-refractivity contribution is 5.69. The van der Waals surface area contributed by atoms with E-state index in [9.17, 15) is 9.90 Å². The Labute approximate surface area is 84.5 Å². The minimum atomic E-state index is -0.808. The number of carbonyl (C=O) groups is 1. The molecule has 1 fully saturated rings. The van der Waals surface area contributed by atoms with Crippen LogP contribution in [0.3, 0.4) is 0 Å². The molecule has 0 aromatic heterocycles. The average molecular weight is 201 g/mol. The summed E-state index contributed by atoms with van der Waals surface area (Å²) in [6, 6.07) is 0.362. The van der Waals surface area contributed by atoms with E-state index in [0.29, 0.717) is 12.6 Å². The van der Waals surface area contributed by atoms with E-state index in [4.69, 9.17) is 5.11 Å². The molecular weight excluding hydrogens is 182 g/mol. The molecule has 2 N–H and O–H groups in total. The highest BCUT2D eigenvalue weighted by Crippen LogP contribution is 2.23. The molecular formula is C10H19NO3. The lowest BCUT2D eigenvalue weighted by molar-refractivity contribution is -0.139. The first-order valence-electron chi connectivity index (χ1n) is 5.23. The zero-order chi connectivity index (χ0) is 10.6. The Hall–Kier alpha value is -0.610. The molecule has 0 amide bonds. The largest absolute Gasteiger partial charge is 0.480 e. The molecule has 4 nitrogen and oxygen atoms in total. The molecule has 1 rings (SSSR count). The lowest BCUT2D eigenvalue weighted by Gasteiger charge is -2.28. The maximum Gasteiger partial charge on any atom is 0.317 e. The zero-order valence-corrected chi connectivity index (χ0v) is 8.65. The van der Waals surface area contributed by atoms with E-state index in [0.717, 1.165) is 12.8 Å². The number of hydrogen-bond donors (Lipinski definition) is 2. The summed E-state index contributed by atoms with van der Waals surface area (Å²) in [5, 5.41) is 18.0. The van der Waals surface area contributed by atoms with Crippen molar-refractivity contribution in [3.63, 3.8) is 0 Å². The van der Waals surface area contributed by atoms with Crippen molar-refractivity contribution < 1.29 is 15.0 Å². The van der Waals surface area contributed by atoms with Gasteiger partial charge < -0.3 is 10.2 Å². The number of carboxylic acid groups (broad SMARTS) is 1. The molecule has 0 heterocycles. The van der Waals surface area contributed by atoms with Gasteiger partial charge in [0, 0.05) is 12.6 Å². The summed E-state index contributed by atoms with van der Waals surface area (Å²) in [4.78, 5) is 12.5. The molecule has 1 unspecified atom stereocenters. The smallest absolute Gasteiger partial charge is 0.317 e. The third-order valence-electron chi connectivity index (χ3n) is 2.68. The van der Waals surface area contributed by atoms with Gasteiger partial charge in [0.15, 0.2) is 0 Å². The first kappa shape index (κ1) is 11.5. The van der Waals surface area contributed by atoms with Crippen LogP contribution in [0.4, 0.5) is 0 Å². The van der Waals surface area contributed by atoms with Crippen LogP contribution in [0.1, 0.15) is 32.6 Å². The number of hydrogen-bond acceptors (Lipinski definition) is 3. The molecule has 1 aliphatic rings. The molecule has 0 spiro atoms. The van der Waals surface area contributed by atoms with Gasteiger partial charge in [0.2, 0.25) is 0 Å². The quantitative estimate of drug-likeness (QED) is 0.687. The molecule has 14 heavy (non-hydrogen) atoms. The SMILES string of the molecule is CC(O)CN(CC(=O)O)C1CCCC1. The number of aliphatic hydroxyl groups excluding tert-OH is 1. The minimum Gasteiger partial charge on any atom is -0.480 e. The van der Waals surface area contributed by atoms with Crippen LogP contribution in [0.15, 0.2) is 0 Å².